The highest BCUT2D eigenvalue weighted by molar-refractivity contribution is 5.95. The molecule has 4 aliphatic carbocycles. The normalized spacial score (nSPS) is 19.4. The number of allylic oxidation sites excluding steroid dienone is 3. The maximum absolute atomic E-state index is 13.5. The summed E-state index contributed by atoms with van der Waals surface area (Å²) in [5.74, 6) is -2.81. The molecule has 0 bridgehead atoms. The number of aromatic nitrogens is 1. The monoisotopic (exact) mass is 555 g/mol. The first kappa shape index (κ1) is 26.1. The lowest BCUT2D eigenvalue weighted by Crippen LogP contribution is -2.51. The fourth-order valence-corrected chi connectivity index (χ4v) is 6.23. The molecule has 41 heavy (non-hydrogen) atoms. The highest BCUT2D eigenvalue weighted by atomic mass is 16.5. The van der Waals surface area contributed by atoms with Gasteiger partial charge in [-0.05, 0) is 48.2 Å². The van der Waals surface area contributed by atoms with Crippen molar-refractivity contribution in [3.8, 4) is 5.75 Å². The number of nitrogens with one attached hydrogen (secondary N) is 1. The SMILES string of the molecule is CC=CC=Cc1cc2cc3c(c(O)c2c(=O)[nH]1)C1(C(O)=c2c(=O)c4c(=O)ccc(=O)c=4c(=O)c2=C1O)C(O)C3OC. The minimum atomic E-state index is -2.53. The summed E-state index contributed by atoms with van der Waals surface area (Å²) in [6.45, 7) is 1.81. The van der Waals surface area contributed by atoms with Crippen LogP contribution < -0.4 is 37.7 Å². The molecule has 206 valence electrons. The number of phenolic OH excluding ortho intramolecular Hbond substituents is 1. The number of aromatic amines is 1. The number of hydrogen-bond donors (Lipinski definition) is 5. The fourth-order valence-electron chi connectivity index (χ4n) is 6.23. The molecule has 0 saturated heterocycles. The number of hydrogen-bond acceptors (Lipinski definition) is 10. The molecule has 2 aromatic rings. The number of ether oxygens (including phenoxy) is 1. The van der Waals surface area contributed by atoms with E-state index >= 15 is 0 Å². The molecule has 1 aromatic carbocycles. The minimum Gasteiger partial charge on any atom is -0.510 e. The molecule has 11 nitrogen and oxygen atoms in total. The number of methoxy groups -OCH3 is 1. The molecule has 0 fully saturated rings. The van der Waals surface area contributed by atoms with E-state index in [1.807, 2.05) is 6.92 Å². The Hall–Kier alpha value is -5.13. The standard InChI is InChI=1S/C30H21NO10/c1-3-4-5-6-12-9-11-10-13-21(24(36)16(11)29(40)31-12)30(28(39)25(13)41-2)26(37)19-20(27(30)38)23(35)18-15(33)8-7-14(32)17(18)22(19)34/h3-10,25,28,36-39H,1-2H3,(H,31,40). The van der Waals surface area contributed by atoms with E-state index in [-0.39, 0.29) is 21.9 Å². The number of fused-ring (bicyclic) bond motifs is 4. The summed E-state index contributed by atoms with van der Waals surface area (Å²) in [6.07, 6.45) is 3.57. The van der Waals surface area contributed by atoms with Gasteiger partial charge in [0.1, 0.15) is 34.9 Å². The Balaban J connectivity index is 1.82. The second kappa shape index (κ2) is 8.68. The zero-order valence-corrected chi connectivity index (χ0v) is 21.5. The van der Waals surface area contributed by atoms with Gasteiger partial charge in [-0.1, -0.05) is 18.2 Å². The van der Waals surface area contributed by atoms with E-state index in [2.05, 4.69) is 4.98 Å². The quantitative estimate of drug-likeness (QED) is 0.200. The van der Waals surface area contributed by atoms with Crippen LogP contribution in [0.2, 0.25) is 0 Å². The number of H-pyrrole nitrogens is 1. The third-order valence-electron chi connectivity index (χ3n) is 7.93. The zero-order valence-electron chi connectivity index (χ0n) is 21.5. The number of aliphatic hydroxyl groups excluding tert-OH is 3. The van der Waals surface area contributed by atoms with Crippen LogP contribution in [-0.2, 0) is 10.2 Å². The first-order valence-electron chi connectivity index (χ1n) is 12.4. The van der Waals surface area contributed by atoms with Crippen molar-refractivity contribution in [2.24, 2.45) is 0 Å². The van der Waals surface area contributed by atoms with Gasteiger partial charge in [0.05, 0.1) is 26.3 Å². The Bertz CT molecular complexity index is 2280. The van der Waals surface area contributed by atoms with Crippen molar-refractivity contribution >= 4 is 28.4 Å². The molecular formula is C30H21NO10. The molecule has 5 N–H and O–H groups in total. The van der Waals surface area contributed by atoms with Crippen LogP contribution in [-0.4, -0.2) is 38.6 Å². The summed E-state index contributed by atoms with van der Waals surface area (Å²) in [5.41, 5.74) is -7.50. The number of aliphatic hydroxyl groups is 3. The lowest BCUT2D eigenvalue weighted by molar-refractivity contribution is -0.0230. The lowest BCUT2D eigenvalue weighted by Gasteiger charge is -2.31. The Labute approximate surface area is 227 Å². The summed E-state index contributed by atoms with van der Waals surface area (Å²) >= 11 is 0. The zero-order chi connectivity index (χ0) is 29.5. The first-order valence-corrected chi connectivity index (χ1v) is 12.4. The number of aromatic hydroxyl groups is 1. The highest BCUT2D eigenvalue weighted by Crippen LogP contribution is 2.58. The summed E-state index contributed by atoms with van der Waals surface area (Å²) < 4.78 is 5.48. The van der Waals surface area contributed by atoms with Gasteiger partial charge in [0.25, 0.3) is 5.56 Å². The maximum atomic E-state index is 13.5. The third kappa shape index (κ3) is 3.06. The van der Waals surface area contributed by atoms with E-state index in [1.54, 1.807) is 30.4 Å². The second-order valence-corrected chi connectivity index (χ2v) is 9.92. The predicted molar refractivity (Wildman–Crippen MR) is 148 cm³/mol. The largest absolute Gasteiger partial charge is 0.510 e. The van der Waals surface area contributed by atoms with Crippen LogP contribution in [0.5, 0.6) is 5.75 Å². The topological polar surface area (TPSA) is 191 Å². The van der Waals surface area contributed by atoms with Crippen LogP contribution in [0.1, 0.15) is 29.8 Å². The Kier molecular flexibility index (Phi) is 5.53. The molecule has 6 rings (SSSR count). The third-order valence-corrected chi connectivity index (χ3v) is 7.93. The summed E-state index contributed by atoms with van der Waals surface area (Å²) in [6, 6.07) is 4.62. The Morgan fingerprint density at radius 3 is 2.00 bits per heavy atom. The highest BCUT2D eigenvalue weighted by Gasteiger charge is 2.62. The minimum absolute atomic E-state index is 0.0587. The number of rotatable bonds is 3. The molecule has 0 amide bonds. The van der Waals surface area contributed by atoms with E-state index in [1.165, 1.54) is 13.2 Å². The number of benzene rings is 1. The van der Waals surface area contributed by atoms with E-state index in [0.717, 1.165) is 12.1 Å². The van der Waals surface area contributed by atoms with E-state index < -0.39 is 83.0 Å². The number of pyridine rings is 1. The average Bonchev–Trinajstić information content (AvgIpc) is 3.32. The van der Waals surface area contributed by atoms with Crippen LogP contribution in [0.3, 0.4) is 0 Å². The van der Waals surface area contributed by atoms with Crippen LogP contribution in [0.25, 0.3) is 28.4 Å². The smallest absolute Gasteiger partial charge is 0.260 e. The molecule has 1 heterocycles. The van der Waals surface area contributed by atoms with Crippen molar-refractivity contribution < 1.29 is 25.2 Å². The Morgan fingerprint density at radius 2 is 1.46 bits per heavy atom. The van der Waals surface area contributed by atoms with Crippen molar-refractivity contribution in [2.45, 2.75) is 24.5 Å². The Morgan fingerprint density at radius 1 is 0.878 bits per heavy atom. The molecule has 2 atom stereocenters. The van der Waals surface area contributed by atoms with Gasteiger partial charge >= 0.3 is 0 Å². The van der Waals surface area contributed by atoms with Gasteiger partial charge in [-0.3, -0.25) is 24.0 Å². The molecule has 1 aromatic heterocycles. The van der Waals surface area contributed by atoms with Crippen molar-refractivity contribution in [1.82, 2.24) is 4.98 Å². The van der Waals surface area contributed by atoms with Crippen LogP contribution >= 0.6 is 0 Å². The molecule has 11 heteroatoms. The molecule has 0 radical (unpaired) electrons. The van der Waals surface area contributed by atoms with Gasteiger partial charge in [-0.2, -0.15) is 0 Å². The molecular weight excluding hydrogens is 534 g/mol. The van der Waals surface area contributed by atoms with Gasteiger partial charge in [0.2, 0.25) is 10.9 Å². The van der Waals surface area contributed by atoms with Gasteiger partial charge < -0.3 is 30.1 Å². The van der Waals surface area contributed by atoms with E-state index in [9.17, 15) is 44.4 Å². The molecule has 0 saturated carbocycles. The maximum Gasteiger partial charge on any atom is 0.260 e. The van der Waals surface area contributed by atoms with Crippen LogP contribution in [0, 0.1) is 10.4 Å². The molecule has 2 unspecified atom stereocenters. The van der Waals surface area contributed by atoms with Crippen molar-refractivity contribution in [1.29, 1.82) is 0 Å². The average molecular weight is 555 g/mol. The van der Waals surface area contributed by atoms with Crippen LogP contribution in [0.15, 0.2) is 66.5 Å². The first-order chi connectivity index (χ1) is 19.5. The lowest BCUT2D eigenvalue weighted by atomic mass is 9.76. The van der Waals surface area contributed by atoms with Crippen molar-refractivity contribution in [3.05, 3.63) is 131 Å². The van der Waals surface area contributed by atoms with Gasteiger partial charge in [0.15, 0.2) is 10.9 Å². The molecule has 1 spiro atoms. The van der Waals surface area contributed by atoms with Gasteiger partial charge in [0, 0.05) is 18.4 Å². The van der Waals surface area contributed by atoms with E-state index in [0.29, 0.717) is 5.69 Å². The number of phenols is 1. The summed E-state index contributed by atoms with van der Waals surface area (Å²) in [4.78, 5) is 67.8. The fraction of sp³-hybridized carbons (Fsp3) is 0.167. The predicted octanol–water partition coefficient (Wildman–Crippen LogP) is -0.790. The van der Waals surface area contributed by atoms with Crippen molar-refractivity contribution in [2.75, 3.05) is 7.11 Å². The van der Waals surface area contributed by atoms with Gasteiger partial charge in [-0.15, -0.1) is 0 Å². The van der Waals surface area contributed by atoms with Gasteiger partial charge in [-0.25, -0.2) is 0 Å². The second-order valence-electron chi connectivity index (χ2n) is 9.92. The van der Waals surface area contributed by atoms with Crippen LogP contribution in [0.4, 0.5) is 0 Å². The summed E-state index contributed by atoms with van der Waals surface area (Å²) in [5, 5.41) is 43.1. The van der Waals surface area contributed by atoms with E-state index in [4.69, 9.17) is 4.74 Å². The van der Waals surface area contributed by atoms with Crippen molar-refractivity contribution in [3.63, 3.8) is 0 Å². The molecule has 0 aliphatic heterocycles. The summed E-state index contributed by atoms with van der Waals surface area (Å²) in [7, 11) is 1.22. The molecule has 4 aliphatic rings.